The van der Waals surface area contributed by atoms with Crippen LogP contribution in [0, 0.1) is 30.6 Å². The second-order valence-electron chi connectivity index (χ2n) is 10.7. The Hall–Kier alpha value is -2.96. The van der Waals surface area contributed by atoms with Gasteiger partial charge in [-0.05, 0) is 94.7 Å². The molecule has 0 bridgehead atoms. The van der Waals surface area contributed by atoms with E-state index in [-0.39, 0.29) is 5.54 Å². The lowest BCUT2D eigenvalue weighted by atomic mass is 10.0. The largest absolute Gasteiger partial charge is 0.400 e. The van der Waals surface area contributed by atoms with Crippen LogP contribution in [0.25, 0.3) is 0 Å². The number of nitrogens with one attached hydrogen (secondary N) is 1. The molecule has 1 aliphatic rings. The highest BCUT2D eigenvalue weighted by Crippen LogP contribution is 2.38. The molecule has 3 atom stereocenters. The van der Waals surface area contributed by atoms with Crippen LogP contribution in [-0.2, 0) is 5.88 Å². The van der Waals surface area contributed by atoms with Crippen molar-refractivity contribution in [1.29, 1.82) is 0 Å². The van der Waals surface area contributed by atoms with Crippen molar-refractivity contribution in [1.82, 2.24) is 9.88 Å². The molecule has 1 fully saturated rings. The van der Waals surface area contributed by atoms with Crippen LogP contribution in [0.1, 0.15) is 120 Å². The van der Waals surface area contributed by atoms with Gasteiger partial charge in [0.05, 0.1) is 5.54 Å². The van der Waals surface area contributed by atoms with E-state index in [4.69, 9.17) is 22.4 Å². The Balaban J connectivity index is 0. The lowest BCUT2D eigenvalue weighted by Crippen LogP contribution is -2.40. The minimum Gasteiger partial charge on any atom is -0.400 e. The first kappa shape index (κ1) is 41.2. The third-order valence-corrected chi connectivity index (χ3v) is 6.96. The van der Waals surface area contributed by atoms with Gasteiger partial charge in [-0.3, -0.25) is 4.79 Å². The molecule has 6 heteroatoms. The standard InChI is InChI=1S/C27H36ClN3O.C3H8.C3H6.C2H2.CH4O/c1-5-19(2)25-23(17-28)12-14-31(25)24-10-9-21(16-24)18-30-27(3,4)13-11-20-7-6-8-22(15-20)26(29)32;2*1-3-2;2*1-2/h6-8,12,14-15,19,21,24,30H,5,9-10,16-18H2,1-4H3,(H2,29,32);3H2,1-2H3;3H,1H2,2H3;1-2H;2H,1H3. The molecule has 1 heterocycles. The van der Waals surface area contributed by atoms with E-state index in [1.807, 2.05) is 19.1 Å². The fourth-order valence-electron chi connectivity index (χ4n) is 4.61. The monoisotopic (exact) mass is 597 g/mol. The fourth-order valence-corrected chi connectivity index (χ4v) is 4.83. The molecule has 3 rings (SSSR count). The molecule has 42 heavy (non-hydrogen) atoms. The van der Waals surface area contributed by atoms with Crippen LogP contribution in [0.15, 0.2) is 49.2 Å². The molecule has 3 unspecified atom stereocenters. The van der Waals surface area contributed by atoms with Crippen LogP contribution in [0.3, 0.4) is 0 Å². The zero-order valence-corrected chi connectivity index (χ0v) is 28.1. The first-order valence-electron chi connectivity index (χ1n) is 14.9. The van der Waals surface area contributed by atoms with Crippen molar-refractivity contribution >= 4 is 17.5 Å². The molecule has 1 aromatic carbocycles. The third kappa shape index (κ3) is 14.8. The van der Waals surface area contributed by atoms with Crippen molar-refractivity contribution in [2.45, 2.75) is 104 Å². The summed E-state index contributed by atoms with van der Waals surface area (Å²) < 4.78 is 2.50. The van der Waals surface area contributed by atoms with Crippen LogP contribution in [-0.4, -0.2) is 34.8 Å². The predicted octanol–water partition coefficient (Wildman–Crippen LogP) is 8.07. The summed E-state index contributed by atoms with van der Waals surface area (Å²) in [5, 5.41) is 10.6. The maximum atomic E-state index is 11.4. The second kappa shape index (κ2) is 23.6. The maximum absolute atomic E-state index is 11.4. The Kier molecular flexibility index (Phi) is 23.1. The van der Waals surface area contributed by atoms with Crippen molar-refractivity contribution in [2.24, 2.45) is 11.7 Å². The molecule has 5 nitrogen and oxygen atoms in total. The van der Waals surface area contributed by atoms with Crippen LogP contribution < -0.4 is 11.1 Å². The van der Waals surface area contributed by atoms with Gasteiger partial charge < -0.3 is 20.7 Å². The summed E-state index contributed by atoms with van der Waals surface area (Å²) >= 11 is 6.22. The quantitative estimate of drug-likeness (QED) is 0.163. The van der Waals surface area contributed by atoms with Gasteiger partial charge in [0, 0.05) is 42.0 Å². The molecular formula is C36H56ClN3O2. The average molecular weight is 598 g/mol. The molecule has 4 N–H and O–H groups in total. The Morgan fingerprint density at radius 2 is 1.86 bits per heavy atom. The summed E-state index contributed by atoms with van der Waals surface area (Å²) in [7, 11) is 1.00. The van der Waals surface area contributed by atoms with E-state index in [9.17, 15) is 4.79 Å². The average Bonchev–Trinajstić information content (AvgIpc) is 3.65. The summed E-state index contributed by atoms with van der Waals surface area (Å²) in [6, 6.07) is 9.92. The molecular weight excluding hydrogens is 542 g/mol. The number of allylic oxidation sites excluding steroid dienone is 1. The highest BCUT2D eigenvalue weighted by molar-refractivity contribution is 6.17. The minimum absolute atomic E-state index is 0.318. The summed E-state index contributed by atoms with van der Waals surface area (Å²) in [6.07, 6.45) is 18.0. The number of rotatable bonds is 8. The number of nitrogens with zero attached hydrogens (tertiary/aromatic N) is 1. The molecule has 0 spiro atoms. The normalized spacial score (nSPS) is 15.7. The third-order valence-electron chi connectivity index (χ3n) is 6.67. The molecule has 234 valence electrons. The number of amides is 1. The van der Waals surface area contributed by atoms with Gasteiger partial charge in [-0.1, -0.05) is 58.1 Å². The van der Waals surface area contributed by atoms with E-state index in [0.29, 0.717) is 29.3 Å². The highest BCUT2D eigenvalue weighted by Gasteiger charge is 2.29. The van der Waals surface area contributed by atoms with Gasteiger partial charge in [0.1, 0.15) is 0 Å². The highest BCUT2D eigenvalue weighted by atomic mass is 35.5. The zero-order valence-electron chi connectivity index (χ0n) is 27.3. The number of carbonyl (C=O) groups is 1. The number of benzene rings is 1. The second-order valence-corrected chi connectivity index (χ2v) is 11.0. The van der Waals surface area contributed by atoms with E-state index in [2.05, 4.69) is 95.0 Å². The summed E-state index contributed by atoms with van der Waals surface area (Å²) in [5.41, 5.74) is 9.04. The maximum Gasteiger partial charge on any atom is 0.248 e. The summed E-state index contributed by atoms with van der Waals surface area (Å²) in [4.78, 5) is 11.4. The summed E-state index contributed by atoms with van der Waals surface area (Å²) in [6.45, 7) is 19.2. The van der Waals surface area contributed by atoms with Crippen LogP contribution in [0.5, 0.6) is 0 Å². The number of primary amides is 1. The smallest absolute Gasteiger partial charge is 0.248 e. The minimum atomic E-state index is -0.431. The van der Waals surface area contributed by atoms with Gasteiger partial charge in [-0.2, -0.15) is 0 Å². The number of nitrogens with two attached hydrogens (primary N) is 1. The van der Waals surface area contributed by atoms with Gasteiger partial charge in [0.25, 0.3) is 0 Å². The molecule has 0 saturated heterocycles. The molecule has 2 aromatic rings. The topological polar surface area (TPSA) is 80.3 Å². The van der Waals surface area contributed by atoms with Crippen LogP contribution in [0.2, 0.25) is 0 Å². The molecule has 1 saturated carbocycles. The SMILES string of the molecule is C#C.C=CC.CCC.CCC(C)c1c(CCl)ccn1C1CCC(CNC(C)(C)C#Cc2cccc(C(N)=O)c2)C1.CO. The molecule has 0 aliphatic heterocycles. The van der Waals surface area contributed by atoms with E-state index in [1.165, 1.54) is 36.9 Å². The van der Waals surface area contributed by atoms with Gasteiger partial charge in [-0.25, -0.2) is 0 Å². The number of aliphatic hydroxyl groups excluding tert-OH is 1. The number of hydrogen-bond donors (Lipinski definition) is 3. The van der Waals surface area contributed by atoms with Crippen LogP contribution >= 0.6 is 11.6 Å². The van der Waals surface area contributed by atoms with Crippen molar-refractivity contribution in [3.63, 3.8) is 0 Å². The van der Waals surface area contributed by atoms with Gasteiger partial charge in [0.15, 0.2) is 0 Å². The molecule has 1 aromatic heterocycles. The molecule has 0 radical (unpaired) electrons. The fraction of sp³-hybridized carbons (Fsp3) is 0.528. The van der Waals surface area contributed by atoms with Gasteiger partial charge in [-0.15, -0.1) is 31.0 Å². The number of terminal acetylenes is 1. The van der Waals surface area contributed by atoms with Gasteiger partial charge in [0.2, 0.25) is 5.91 Å². The van der Waals surface area contributed by atoms with Crippen molar-refractivity contribution in [3.05, 3.63) is 71.6 Å². The lowest BCUT2D eigenvalue weighted by Gasteiger charge is -2.24. The summed E-state index contributed by atoms with van der Waals surface area (Å²) in [5.74, 6) is 7.81. The number of halogens is 1. The van der Waals surface area contributed by atoms with E-state index < -0.39 is 5.91 Å². The van der Waals surface area contributed by atoms with E-state index in [0.717, 1.165) is 25.6 Å². The molecule has 1 amide bonds. The Labute approximate surface area is 262 Å². The van der Waals surface area contributed by atoms with Crippen molar-refractivity contribution in [3.8, 4) is 24.7 Å². The Bertz CT molecular complexity index is 1110. The van der Waals surface area contributed by atoms with Crippen LogP contribution in [0.4, 0.5) is 0 Å². The first-order chi connectivity index (χ1) is 20.1. The predicted molar refractivity (Wildman–Crippen MR) is 183 cm³/mol. The van der Waals surface area contributed by atoms with E-state index >= 15 is 0 Å². The first-order valence-corrected chi connectivity index (χ1v) is 15.4. The van der Waals surface area contributed by atoms with Gasteiger partial charge >= 0.3 is 0 Å². The number of alkyl halides is 1. The Morgan fingerprint density at radius 3 is 2.38 bits per heavy atom. The number of aromatic nitrogens is 1. The number of hydrogen-bond acceptors (Lipinski definition) is 3. The lowest BCUT2D eigenvalue weighted by molar-refractivity contribution is 0.1000. The van der Waals surface area contributed by atoms with Crippen molar-refractivity contribution < 1.29 is 9.90 Å². The van der Waals surface area contributed by atoms with E-state index in [1.54, 1.807) is 18.2 Å². The number of aliphatic hydroxyl groups is 1. The Morgan fingerprint density at radius 1 is 1.26 bits per heavy atom. The van der Waals surface area contributed by atoms with Crippen molar-refractivity contribution in [2.75, 3.05) is 13.7 Å². The zero-order chi connectivity index (χ0) is 32.7. The number of carbonyl (C=O) groups excluding carboxylic acids is 1. The molecule has 1 aliphatic carbocycles.